The second-order valence-electron chi connectivity index (χ2n) is 7.65. The summed E-state index contributed by atoms with van der Waals surface area (Å²) in [7, 11) is 1.46. The van der Waals surface area contributed by atoms with Crippen LogP contribution in [0.4, 0.5) is 5.69 Å². The molecule has 4 rings (SSSR count). The Bertz CT molecular complexity index is 1260. The van der Waals surface area contributed by atoms with Gasteiger partial charge in [0.25, 0.3) is 0 Å². The standard InChI is InChI=1S/C25H23BrN2O7/c1-3-33-22(29)18-20(14-7-5-4-6-8-14)35-21(27)19(23(30)34-12-11-32-2)25(18)16-13-15(26)9-10-17(16)28-24(25)31/h4-10,13H,3,11-12,27H2,1-2H3,(H,28,31). The van der Waals surface area contributed by atoms with Crippen molar-refractivity contribution in [3.05, 3.63) is 81.2 Å². The van der Waals surface area contributed by atoms with Gasteiger partial charge in [0.2, 0.25) is 11.8 Å². The second-order valence-corrected chi connectivity index (χ2v) is 8.57. The third kappa shape index (κ3) is 4.08. The lowest BCUT2D eigenvalue weighted by Crippen LogP contribution is -2.48. The van der Waals surface area contributed by atoms with Crippen LogP contribution >= 0.6 is 15.9 Å². The zero-order valence-corrected chi connectivity index (χ0v) is 20.6. The topological polar surface area (TPSA) is 126 Å². The average molecular weight is 543 g/mol. The highest BCUT2D eigenvalue weighted by Gasteiger charge is 2.62. The Hall–Kier alpha value is -3.63. The number of anilines is 1. The third-order valence-electron chi connectivity index (χ3n) is 5.65. The smallest absolute Gasteiger partial charge is 0.341 e. The molecule has 1 amide bonds. The van der Waals surface area contributed by atoms with Crippen molar-refractivity contribution in [2.45, 2.75) is 12.3 Å². The van der Waals surface area contributed by atoms with E-state index in [1.54, 1.807) is 55.5 Å². The summed E-state index contributed by atoms with van der Waals surface area (Å²) in [5.41, 5.74) is 5.05. The normalized spacial score (nSPS) is 18.8. The SMILES string of the molecule is CCOC(=O)C1=C(c2ccccc2)OC(N)=C(C(=O)OCCOC)C12C(=O)Nc1ccc(Br)cc12. The lowest BCUT2D eigenvalue weighted by atomic mass is 9.67. The number of hydrogen-bond acceptors (Lipinski definition) is 8. The quantitative estimate of drug-likeness (QED) is 0.403. The molecule has 0 saturated carbocycles. The molecule has 1 atom stereocenters. The van der Waals surface area contributed by atoms with Crippen LogP contribution in [0, 0.1) is 0 Å². The molecule has 2 aromatic rings. The molecule has 182 valence electrons. The van der Waals surface area contributed by atoms with Crippen molar-refractivity contribution < 1.29 is 33.3 Å². The van der Waals surface area contributed by atoms with Crippen LogP contribution in [0.25, 0.3) is 5.76 Å². The molecule has 2 aromatic carbocycles. The summed E-state index contributed by atoms with van der Waals surface area (Å²) in [6.45, 7) is 1.69. The van der Waals surface area contributed by atoms with E-state index in [1.807, 2.05) is 0 Å². The fourth-order valence-electron chi connectivity index (χ4n) is 4.25. The maximum absolute atomic E-state index is 13.9. The van der Waals surface area contributed by atoms with Crippen molar-refractivity contribution in [2.24, 2.45) is 5.73 Å². The Morgan fingerprint density at radius 1 is 1.06 bits per heavy atom. The minimum absolute atomic E-state index is 0.0120. The summed E-state index contributed by atoms with van der Waals surface area (Å²) in [4.78, 5) is 40.8. The number of amides is 1. The number of ether oxygens (including phenoxy) is 4. The Morgan fingerprint density at radius 2 is 1.77 bits per heavy atom. The van der Waals surface area contributed by atoms with Gasteiger partial charge >= 0.3 is 11.9 Å². The van der Waals surface area contributed by atoms with Crippen molar-refractivity contribution in [3.8, 4) is 0 Å². The van der Waals surface area contributed by atoms with Gasteiger partial charge in [-0.1, -0.05) is 46.3 Å². The first-order valence-corrected chi connectivity index (χ1v) is 11.6. The molecule has 2 aliphatic rings. The molecule has 2 heterocycles. The van der Waals surface area contributed by atoms with Gasteiger partial charge in [0.05, 0.1) is 13.2 Å². The van der Waals surface area contributed by atoms with Crippen molar-refractivity contribution in [2.75, 3.05) is 32.2 Å². The van der Waals surface area contributed by atoms with Crippen LogP contribution in [0.15, 0.2) is 70.0 Å². The van der Waals surface area contributed by atoms with Gasteiger partial charge in [-0.15, -0.1) is 0 Å². The summed E-state index contributed by atoms with van der Waals surface area (Å²) in [6.07, 6.45) is 0. The minimum Gasteiger partial charge on any atom is -0.462 e. The Labute approximate surface area is 210 Å². The molecule has 1 unspecified atom stereocenters. The summed E-state index contributed by atoms with van der Waals surface area (Å²) < 4.78 is 22.2. The highest BCUT2D eigenvalue weighted by molar-refractivity contribution is 9.10. The maximum Gasteiger partial charge on any atom is 0.341 e. The fraction of sp³-hybridized carbons (Fsp3) is 0.240. The number of rotatable bonds is 7. The molecular formula is C25H23BrN2O7. The molecule has 0 bridgehead atoms. The molecule has 10 heteroatoms. The van der Waals surface area contributed by atoms with E-state index in [0.29, 0.717) is 21.3 Å². The molecule has 0 aromatic heterocycles. The summed E-state index contributed by atoms with van der Waals surface area (Å²) in [5, 5.41) is 2.78. The van der Waals surface area contributed by atoms with Crippen LogP contribution < -0.4 is 11.1 Å². The predicted octanol–water partition coefficient (Wildman–Crippen LogP) is 3.00. The van der Waals surface area contributed by atoms with E-state index < -0.39 is 23.3 Å². The first kappa shape index (κ1) is 24.5. The molecule has 0 saturated heterocycles. The Balaban J connectivity index is 2.07. The molecule has 0 fully saturated rings. The molecule has 35 heavy (non-hydrogen) atoms. The average Bonchev–Trinajstić information content (AvgIpc) is 3.11. The third-order valence-corrected chi connectivity index (χ3v) is 6.14. The van der Waals surface area contributed by atoms with Gasteiger partial charge in [-0.05, 0) is 25.1 Å². The van der Waals surface area contributed by atoms with Gasteiger partial charge < -0.3 is 30.0 Å². The van der Waals surface area contributed by atoms with Crippen LogP contribution in [-0.4, -0.2) is 44.8 Å². The predicted molar refractivity (Wildman–Crippen MR) is 130 cm³/mol. The zero-order chi connectivity index (χ0) is 25.2. The highest BCUT2D eigenvalue weighted by atomic mass is 79.9. The van der Waals surface area contributed by atoms with Gasteiger partial charge in [0.15, 0.2) is 0 Å². The molecule has 1 spiro atoms. The van der Waals surface area contributed by atoms with Crippen molar-refractivity contribution >= 4 is 45.2 Å². The van der Waals surface area contributed by atoms with E-state index in [2.05, 4.69) is 21.2 Å². The lowest BCUT2D eigenvalue weighted by Gasteiger charge is -2.36. The van der Waals surface area contributed by atoms with E-state index in [-0.39, 0.29) is 42.6 Å². The van der Waals surface area contributed by atoms with Gasteiger partial charge in [-0.3, -0.25) is 4.79 Å². The number of esters is 2. The maximum atomic E-state index is 13.9. The molecule has 9 nitrogen and oxygen atoms in total. The van der Waals surface area contributed by atoms with Crippen molar-refractivity contribution in [3.63, 3.8) is 0 Å². The van der Waals surface area contributed by atoms with E-state index in [9.17, 15) is 14.4 Å². The first-order valence-electron chi connectivity index (χ1n) is 10.8. The van der Waals surface area contributed by atoms with Gasteiger partial charge in [-0.2, -0.15) is 0 Å². The summed E-state index contributed by atoms with van der Waals surface area (Å²) >= 11 is 3.42. The number of halogens is 1. The minimum atomic E-state index is -1.98. The summed E-state index contributed by atoms with van der Waals surface area (Å²) in [6, 6.07) is 13.7. The van der Waals surface area contributed by atoms with Crippen LogP contribution in [0.2, 0.25) is 0 Å². The number of methoxy groups -OCH3 is 1. The number of carbonyl (C=O) groups excluding carboxylic acids is 3. The van der Waals surface area contributed by atoms with Crippen LogP contribution in [0.3, 0.4) is 0 Å². The zero-order valence-electron chi connectivity index (χ0n) is 19.1. The largest absolute Gasteiger partial charge is 0.462 e. The van der Waals surface area contributed by atoms with Gasteiger partial charge in [0, 0.05) is 28.4 Å². The molecule has 2 aliphatic heterocycles. The Kier molecular flexibility index (Phi) is 6.95. The summed E-state index contributed by atoms with van der Waals surface area (Å²) in [5.74, 6) is -2.76. The second kappa shape index (κ2) is 9.93. The number of fused-ring (bicyclic) bond motifs is 2. The first-order chi connectivity index (χ1) is 16.9. The molecule has 0 aliphatic carbocycles. The van der Waals surface area contributed by atoms with Crippen LogP contribution in [-0.2, 0) is 38.7 Å². The number of carbonyl (C=O) groups is 3. The van der Waals surface area contributed by atoms with E-state index in [0.717, 1.165) is 0 Å². The molecular weight excluding hydrogens is 520 g/mol. The number of nitrogens with one attached hydrogen (secondary N) is 1. The van der Waals surface area contributed by atoms with Crippen LogP contribution in [0.1, 0.15) is 18.1 Å². The van der Waals surface area contributed by atoms with E-state index >= 15 is 0 Å². The fourth-order valence-corrected chi connectivity index (χ4v) is 4.61. The molecule has 3 N–H and O–H groups in total. The van der Waals surface area contributed by atoms with Crippen molar-refractivity contribution in [1.82, 2.24) is 0 Å². The highest BCUT2D eigenvalue weighted by Crippen LogP contribution is 2.54. The Morgan fingerprint density at radius 3 is 2.46 bits per heavy atom. The molecule has 0 radical (unpaired) electrons. The van der Waals surface area contributed by atoms with E-state index in [1.165, 1.54) is 7.11 Å². The lowest BCUT2D eigenvalue weighted by molar-refractivity contribution is -0.143. The van der Waals surface area contributed by atoms with E-state index in [4.69, 9.17) is 24.7 Å². The number of hydrogen-bond donors (Lipinski definition) is 2. The van der Waals surface area contributed by atoms with Gasteiger partial charge in [-0.25, -0.2) is 9.59 Å². The monoisotopic (exact) mass is 542 g/mol. The number of nitrogens with two attached hydrogens (primary N) is 1. The number of benzene rings is 2. The van der Waals surface area contributed by atoms with Crippen LogP contribution in [0.5, 0.6) is 0 Å². The van der Waals surface area contributed by atoms with Crippen molar-refractivity contribution in [1.29, 1.82) is 0 Å². The van der Waals surface area contributed by atoms with Gasteiger partial charge in [0.1, 0.15) is 28.9 Å².